The lowest BCUT2D eigenvalue weighted by molar-refractivity contribution is 0.0979. The van der Waals surface area contributed by atoms with Crippen LogP contribution >= 0.6 is 0 Å². The fourth-order valence-corrected chi connectivity index (χ4v) is 2.45. The van der Waals surface area contributed by atoms with E-state index in [1.165, 1.54) is 0 Å². The number of carbonyl (C=O) groups is 1. The molecular formula is C17H14O2. The van der Waals surface area contributed by atoms with Crippen LogP contribution in [-0.4, -0.2) is 10.9 Å². The van der Waals surface area contributed by atoms with E-state index in [2.05, 4.69) is 0 Å². The molecule has 0 aromatic heterocycles. The number of ketones is 1. The van der Waals surface area contributed by atoms with Gasteiger partial charge in [0, 0.05) is 17.6 Å². The Morgan fingerprint density at radius 1 is 1.00 bits per heavy atom. The Morgan fingerprint density at radius 3 is 2.47 bits per heavy atom. The van der Waals surface area contributed by atoms with Gasteiger partial charge in [0.2, 0.25) is 0 Å². The van der Waals surface area contributed by atoms with Crippen LogP contribution in [-0.2, 0) is 0 Å². The van der Waals surface area contributed by atoms with E-state index < -0.39 is 6.10 Å². The van der Waals surface area contributed by atoms with Crippen molar-refractivity contribution in [1.29, 1.82) is 0 Å². The lowest BCUT2D eigenvalue weighted by atomic mass is 9.84. The smallest absolute Gasteiger partial charge is 0.189 e. The maximum atomic E-state index is 12.4. The molecule has 0 amide bonds. The highest BCUT2D eigenvalue weighted by atomic mass is 16.3. The number of hydrogen-bond acceptors (Lipinski definition) is 2. The number of rotatable bonds is 1. The van der Waals surface area contributed by atoms with Gasteiger partial charge in [-0.3, -0.25) is 4.79 Å². The summed E-state index contributed by atoms with van der Waals surface area (Å²) in [5.74, 6) is 0.0183. The molecule has 0 saturated carbocycles. The van der Waals surface area contributed by atoms with E-state index >= 15 is 0 Å². The second-order valence-electron chi connectivity index (χ2n) is 4.72. The van der Waals surface area contributed by atoms with Crippen molar-refractivity contribution in [3.8, 4) is 0 Å². The predicted molar refractivity (Wildman–Crippen MR) is 74.8 cm³/mol. The second-order valence-corrected chi connectivity index (χ2v) is 4.72. The van der Waals surface area contributed by atoms with Crippen molar-refractivity contribution in [2.75, 3.05) is 0 Å². The molecule has 1 atom stereocenters. The van der Waals surface area contributed by atoms with Crippen LogP contribution in [0.3, 0.4) is 0 Å². The van der Waals surface area contributed by atoms with Gasteiger partial charge < -0.3 is 5.11 Å². The molecule has 0 unspecified atom stereocenters. The number of aliphatic hydroxyl groups excluding tert-OH is 1. The van der Waals surface area contributed by atoms with E-state index in [0.717, 1.165) is 11.1 Å². The first-order valence-electron chi connectivity index (χ1n) is 6.33. The van der Waals surface area contributed by atoms with Crippen LogP contribution in [0.5, 0.6) is 0 Å². The van der Waals surface area contributed by atoms with Gasteiger partial charge in [0.15, 0.2) is 5.78 Å². The fraction of sp³-hybridized carbons (Fsp3) is 0.118. The zero-order valence-electron chi connectivity index (χ0n) is 10.4. The highest BCUT2D eigenvalue weighted by Crippen LogP contribution is 2.33. The molecule has 1 N–H and O–H groups in total. The molecule has 0 aliphatic heterocycles. The molecule has 2 heteroatoms. The molecule has 2 nitrogen and oxygen atoms in total. The Bertz CT molecular complexity index is 641. The van der Waals surface area contributed by atoms with E-state index in [9.17, 15) is 9.90 Å². The fourth-order valence-electron chi connectivity index (χ4n) is 2.45. The standard InChI is InChI=1S/C17H14O2/c18-16-11-13(10-12-6-2-1-3-7-12)17(19)15-9-5-4-8-14(15)16/h1-10,16,18H,11H2/b13-10-/t16-/m0/s1. The minimum Gasteiger partial charge on any atom is -0.388 e. The van der Waals surface area contributed by atoms with Gasteiger partial charge in [0.25, 0.3) is 0 Å². The van der Waals surface area contributed by atoms with Crippen molar-refractivity contribution < 1.29 is 9.90 Å². The minimum absolute atomic E-state index is 0.0183. The average Bonchev–Trinajstić information content (AvgIpc) is 2.46. The zero-order valence-corrected chi connectivity index (χ0v) is 10.4. The number of benzene rings is 2. The molecule has 19 heavy (non-hydrogen) atoms. The number of hydrogen-bond donors (Lipinski definition) is 1. The molecule has 2 aromatic carbocycles. The van der Waals surface area contributed by atoms with Crippen LogP contribution in [0, 0.1) is 0 Å². The first-order chi connectivity index (χ1) is 9.25. The van der Waals surface area contributed by atoms with Crippen LogP contribution in [0.4, 0.5) is 0 Å². The Hall–Kier alpha value is -2.19. The molecule has 0 fully saturated rings. The molecule has 3 rings (SSSR count). The largest absolute Gasteiger partial charge is 0.388 e. The van der Waals surface area contributed by atoms with E-state index in [1.54, 1.807) is 6.07 Å². The van der Waals surface area contributed by atoms with E-state index in [0.29, 0.717) is 17.6 Å². The highest BCUT2D eigenvalue weighted by Gasteiger charge is 2.27. The van der Waals surface area contributed by atoms with Crippen molar-refractivity contribution in [1.82, 2.24) is 0 Å². The third-order valence-corrected chi connectivity index (χ3v) is 3.41. The zero-order chi connectivity index (χ0) is 13.2. The van der Waals surface area contributed by atoms with Gasteiger partial charge in [-0.25, -0.2) is 0 Å². The van der Waals surface area contributed by atoms with Gasteiger partial charge in [-0.05, 0) is 17.2 Å². The van der Waals surface area contributed by atoms with Crippen molar-refractivity contribution in [3.05, 3.63) is 76.9 Å². The summed E-state index contributed by atoms with van der Waals surface area (Å²) in [6, 6.07) is 17.0. The summed E-state index contributed by atoms with van der Waals surface area (Å²) in [4.78, 5) is 12.4. The molecule has 2 aromatic rings. The monoisotopic (exact) mass is 250 g/mol. The molecule has 0 radical (unpaired) electrons. The van der Waals surface area contributed by atoms with Gasteiger partial charge in [0.05, 0.1) is 6.10 Å². The first-order valence-corrected chi connectivity index (χ1v) is 6.33. The van der Waals surface area contributed by atoms with Crippen LogP contribution in [0.2, 0.25) is 0 Å². The molecule has 0 bridgehead atoms. The lowest BCUT2D eigenvalue weighted by Gasteiger charge is -2.22. The first kappa shape index (κ1) is 11.9. The highest BCUT2D eigenvalue weighted by molar-refractivity contribution is 6.13. The maximum absolute atomic E-state index is 12.4. The van der Waals surface area contributed by atoms with Crippen LogP contribution in [0.25, 0.3) is 6.08 Å². The van der Waals surface area contributed by atoms with Crippen LogP contribution in [0.1, 0.15) is 34.0 Å². The Morgan fingerprint density at radius 2 is 1.68 bits per heavy atom. The summed E-state index contributed by atoms with van der Waals surface area (Å²) in [6.07, 6.45) is 1.65. The van der Waals surface area contributed by atoms with Gasteiger partial charge in [-0.2, -0.15) is 0 Å². The van der Waals surface area contributed by atoms with Crippen molar-refractivity contribution in [2.24, 2.45) is 0 Å². The van der Waals surface area contributed by atoms with Crippen molar-refractivity contribution in [2.45, 2.75) is 12.5 Å². The van der Waals surface area contributed by atoms with Gasteiger partial charge in [-0.1, -0.05) is 54.6 Å². The quantitative estimate of drug-likeness (QED) is 0.788. The normalized spacial score (nSPS) is 20.4. The minimum atomic E-state index is -0.594. The summed E-state index contributed by atoms with van der Waals surface area (Å²) in [5.41, 5.74) is 3.00. The van der Waals surface area contributed by atoms with Crippen LogP contribution < -0.4 is 0 Å². The second kappa shape index (κ2) is 4.82. The number of fused-ring (bicyclic) bond motifs is 1. The average molecular weight is 250 g/mol. The number of carbonyl (C=O) groups excluding carboxylic acids is 1. The van der Waals surface area contributed by atoms with E-state index in [-0.39, 0.29) is 5.78 Å². The predicted octanol–water partition coefficient (Wildman–Crippen LogP) is 3.39. The van der Waals surface area contributed by atoms with Crippen molar-refractivity contribution >= 4 is 11.9 Å². The van der Waals surface area contributed by atoms with Gasteiger partial charge in [0.1, 0.15) is 0 Å². The molecule has 1 aliphatic rings. The molecule has 0 spiro atoms. The topological polar surface area (TPSA) is 37.3 Å². The molecule has 0 heterocycles. The summed E-state index contributed by atoms with van der Waals surface area (Å²) in [5, 5.41) is 10.1. The molecule has 94 valence electrons. The Kier molecular flexibility index (Phi) is 3.02. The third kappa shape index (κ3) is 2.23. The maximum Gasteiger partial charge on any atom is 0.189 e. The van der Waals surface area contributed by atoms with E-state index in [4.69, 9.17) is 0 Å². The summed E-state index contributed by atoms with van der Waals surface area (Å²) in [7, 11) is 0. The third-order valence-electron chi connectivity index (χ3n) is 3.41. The van der Waals surface area contributed by atoms with E-state index in [1.807, 2.05) is 54.6 Å². The summed E-state index contributed by atoms with van der Waals surface area (Å²) < 4.78 is 0. The number of Topliss-reactive ketones (excluding diaryl/α,β-unsaturated/α-hetero) is 1. The number of aliphatic hydroxyl groups is 1. The molecule has 0 saturated heterocycles. The van der Waals surface area contributed by atoms with Crippen molar-refractivity contribution in [3.63, 3.8) is 0 Å². The summed E-state index contributed by atoms with van der Waals surface area (Å²) in [6.45, 7) is 0. The Labute approximate surface area is 112 Å². The molecular weight excluding hydrogens is 236 g/mol. The van der Waals surface area contributed by atoms with Gasteiger partial charge in [-0.15, -0.1) is 0 Å². The van der Waals surface area contributed by atoms with Crippen LogP contribution in [0.15, 0.2) is 60.2 Å². The molecule has 1 aliphatic carbocycles. The Balaban J connectivity index is 2.03. The van der Waals surface area contributed by atoms with Gasteiger partial charge >= 0.3 is 0 Å². The summed E-state index contributed by atoms with van der Waals surface area (Å²) >= 11 is 0. The lowest BCUT2D eigenvalue weighted by Crippen LogP contribution is -2.18. The SMILES string of the molecule is O=C1/C(=C\c2ccccc2)C[C@H](O)c2ccccc21.